The highest BCUT2D eigenvalue weighted by Crippen LogP contribution is 2.61. The van der Waals surface area contributed by atoms with Crippen LogP contribution in [0.2, 0.25) is 0 Å². The first-order valence-corrected chi connectivity index (χ1v) is 6.88. The van der Waals surface area contributed by atoms with Crippen molar-refractivity contribution >= 4 is 5.88 Å². The maximum atomic E-state index is 5.83. The lowest BCUT2D eigenvalue weighted by Gasteiger charge is -2.56. The first-order chi connectivity index (χ1) is 8.16. The summed E-state index contributed by atoms with van der Waals surface area (Å²) in [7, 11) is 0. The normalized spacial score (nSPS) is 43.2. The van der Waals surface area contributed by atoms with Gasteiger partial charge in [-0.1, -0.05) is 5.16 Å². The molecule has 0 saturated heterocycles. The van der Waals surface area contributed by atoms with E-state index in [4.69, 9.17) is 10.3 Å². The largest absolute Gasteiger partial charge is 0.367 e. The van der Waals surface area contributed by atoms with Gasteiger partial charge in [-0.25, -0.2) is 0 Å². The monoisotopic (exact) mass is 232 g/mol. The number of anilines is 1. The Morgan fingerprint density at radius 1 is 1.12 bits per heavy atom. The summed E-state index contributed by atoms with van der Waals surface area (Å²) in [4.78, 5) is 0. The molecule has 4 saturated carbocycles. The number of aromatic nitrogens is 1. The summed E-state index contributed by atoms with van der Waals surface area (Å²) in [5.41, 5.74) is 8.44. The zero-order valence-electron chi connectivity index (χ0n) is 10.4. The highest BCUT2D eigenvalue weighted by molar-refractivity contribution is 5.42. The molecule has 17 heavy (non-hydrogen) atoms. The lowest BCUT2D eigenvalue weighted by molar-refractivity contribution is -0.00869. The molecule has 1 aromatic rings. The fraction of sp³-hybridized carbons (Fsp3) is 0.786. The Kier molecular flexibility index (Phi) is 1.80. The van der Waals surface area contributed by atoms with Crippen molar-refractivity contribution in [3.63, 3.8) is 0 Å². The van der Waals surface area contributed by atoms with Gasteiger partial charge in [0.15, 0.2) is 0 Å². The van der Waals surface area contributed by atoms with Gasteiger partial charge in [-0.3, -0.25) is 0 Å². The summed E-state index contributed by atoms with van der Waals surface area (Å²) in [6, 6.07) is 0. The molecule has 3 heteroatoms. The topological polar surface area (TPSA) is 52.0 Å². The molecular weight excluding hydrogens is 212 g/mol. The van der Waals surface area contributed by atoms with Crippen molar-refractivity contribution in [1.82, 2.24) is 5.16 Å². The van der Waals surface area contributed by atoms with Crippen LogP contribution < -0.4 is 5.73 Å². The average Bonchev–Trinajstić information content (AvgIpc) is 2.58. The van der Waals surface area contributed by atoms with Crippen LogP contribution >= 0.6 is 0 Å². The molecule has 1 heterocycles. The van der Waals surface area contributed by atoms with E-state index in [1.807, 2.05) is 0 Å². The smallest absolute Gasteiger partial charge is 0.225 e. The molecule has 0 aromatic carbocycles. The minimum absolute atomic E-state index is 0.319. The fourth-order valence-corrected chi connectivity index (χ4v) is 5.24. The maximum Gasteiger partial charge on any atom is 0.225 e. The molecule has 4 aliphatic rings. The van der Waals surface area contributed by atoms with Gasteiger partial charge in [0.25, 0.3) is 0 Å². The third-order valence-electron chi connectivity index (χ3n) is 5.50. The fourth-order valence-electron chi connectivity index (χ4n) is 5.24. The summed E-state index contributed by atoms with van der Waals surface area (Å²) >= 11 is 0. The van der Waals surface area contributed by atoms with E-state index in [0.29, 0.717) is 11.3 Å². The summed E-state index contributed by atoms with van der Waals surface area (Å²) in [6.07, 6.45) is 8.37. The van der Waals surface area contributed by atoms with Crippen LogP contribution in [0.3, 0.4) is 0 Å². The van der Waals surface area contributed by atoms with Gasteiger partial charge < -0.3 is 10.3 Å². The van der Waals surface area contributed by atoms with Crippen LogP contribution in [-0.2, 0) is 5.41 Å². The average molecular weight is 232 g/mol. The quantitative estimate of drug-likeness (QED) is 0.809. The second-order valence-electron chi connectivity index (χ2n) is 6.72. The van der Waals surface area contributed by atoms with Crippen molar-refractivity contribution in [2.75, 3.05) is 5.73 Å². The predicted molar refractivity (Wildman–Crippen MR) is 65.5 cm³/mol. The lowest BCUT2D eigenvalue weighted by Crippen LogP contribution is -2.49. The Bertz CT molecular complexity index is 428. The van der Waals surface area contributed by atoms with Crippen LogP contribution in [0.25, 0.3) is 0 Å². The van der Waals surface area contributed by atoms with Gasteiger partial charge >= 0.3 is 0 Å². The van der Waals surface area contributed by atoms with Gasteiger partial charge in [-0.05, 0) is 63.2 Å². The summed E-state index contributed by atoms with van der Waals surface area (Å²) in [5, 5.41) is 4.31. The van der Waals surface area contributed by atoms with E-state index in [9.17, 15) is 0 Å². The Morgan fingerprint density at radius 3 is 2.06 bits per heavy atom. The van der Waals surface area contributed by atoms with Crippen LogP contribution in [0, 0.1) is 24.7 Å². The zero-order valence-corrected chi connectivity index (χ0v) is 10.4. The van der Waals surface area contributed by atoms with E-state index < -0.39 is 0 Å². The zero-order chi connectivity index (χ0) is 11.6. The molecule has 0 unspecified atom stereocenters. The first kappa shape index (κ1) is 9.98. The molecule has 0 radical (unpaired) electrons. The summed E-state index contributed by atoms with van der Waals surface area (Å²) < 4.78 is 5.21. The molecule has 0 spiro atoms. The molecule has 0 amide bonds. The Balaban J connectivity index is 1.80. The van der Waals surface area contributed by atoms with E-state index in [-0.39, 0.29) is 0 Å². The van der Waals surface area contributed by atoms with Gasteiger partial charge in [-0.15, -0.1) is 0 Å². The van der Waals surface area contributed by atoms with Gasteiger partial charge in [0, 0.05) is 11.0 Å². The summed E-state index contributed by atoms with van der Waals surface area (Å²) in [5.74, 6) is 3.35. The molecule has 1 aromatic heterocycles. The van der Waals surface area contributed by atoms with Gasteiger partial charge in [0.2, 0.25) is 5.88 Å². The molecule has 4 aliphatic carbocycles. The van der Waals surface area contributed by atoms with E-state index >= 15 is 0 Å². The molecule has 0 aliphatic heterocycles. The van der Waals surface area contributed by atoms with Gasteiger partial charge in [-0.2, -0.15) is 0 Å². The number of hydrogen-bond acceptors (Lipinski definition) is 3. The Hall–Kier alpha value is -0.990. The van der Waals surface area contributed by atoms with E-state index in [0.717, 1.165) is 23.3 Å². The molecule has 92 valence electrons. The predicted octanol–water partition coefficient (Wildman–Crippen LogP) is 3.03. The molecular formula is C14H20N2O. The molecule has 4 bridgehead atoms. The van der Waals surface area contributed by atoms with Crippen molar-refractivity contribution < 1.29 is 4.52 Å². The van der Waals surface area contributed by atoms with Crippen molar-refractivity contribution in [2.45, 2.75) is 50.9 Å². The van der Waals surface area contributed by atoms with Crippen molar-refractivity contribution in [3.05, 3.63) is 11.3 Å². The molecule has 2 N–H and O–H groups in total. The van der Waals surface area contributed by atoms with Crippen LogP contribution in [-0.4, -0.2) is 5.16 Å². The van der Waals surface area contributed by atoms with E-state index in [2.05, 4.69) is 12.1 Å². The van der Waals surface area contributed by atoms with Gasteiger partial charge in [0.05, 0.1) is 5.69 Å². The second-order valence-corrected chi connectivity index (χ2v) is 6.72. The Morgan fingerprint density at radius 2 is 1.65 bits per heavy atom. The molecule has 0 atom stereocenters. The lowest BCUT2D eigenvalue weighted by atomic mass is 9.48. The molecule has 3 nitrogen and oxygen atoms in total. The van der Waals surface area contributed by atoms with Crippen LogP contribution in [0.5, 0.6) is 0 Å². The van der Waals surface area contributed by atoms with E-state index in [1.165, 1.54) is 44.2 Å². The number of nitrogen functional groups attached to an aromatic ring is 1. The second kappa shape index (κ2) is 3.06. The van der Waals surface area contributed by atoms with Crippen molar-refractivity contribution in [3.8, 4) is 0 Å². The number of nitrogens with two attached hydrogens (primary N) is 1. The Labute approximate surface area is 102 Å². The van der Waals surface area contributed by atoms with Crippen LogP contribution in [0.4, 0.5) is 5.88 Å². The molecule has 4 fully saturated rings. The SMILES string of the molecule is Cc1c(C23CC4CC(CC(C4)C2)C3)noc1N. The summed E-state index contributed by atoms with van der Waals surface area (Å²) in [6.45, 7) is 2.07. The third kappa shape index (κ3) is 1.25. The maximum absolute atomic E-state index is 5.83. The van der Waals surface area contributed by atoms with Crippen molar-refractivity contribution in [2.24, 2.45) is 17.8 Å². The number of nitrogens with zero attached hydrogens (tertiary/aromatic N) is 1. The molecule has 5 rings (SSSR count). The number of rotatable bonds is 1. The highest BCUT2D eigenvalue weighted by Gasteiger charge is 2.53. The number of hydrogen-bond donors (Lipinski definition) is 1. The first-order valence-electron chi connectivity index (χ1n) is 6.88. The standard InChI is InChI=1S/C14H20N2O/c1-8-12(16-17-13(8)15)14-5-9-2-10(6-14)4-11(3-9)7-14/h9-11H,2-7,15H2,1H3. The van der Waals surface area contributed by atoms with Crippen LogP contribution in [0.15, 0.2) is 4.52 Å². The minimum atomic E-state index is 0.319. The third-order valence-corrected chi connectivity index (χ3v) is 5.50. The van der Waals surface area contributed by atoms with Gasteiger partial charge in [0.1, 0.15) is 0 Å². The minimum Gasteiger partial charge on any atom is -0.367 e. The highest BCUT2D eigenvalue weighted by atomic mass is 16.5. The van der Waals surface area contributed by atoms with Crippen LogP contribution in [0.1, 0.15) is 49.8 Å². The van der Waals surface area contributed by atoms with E-state index in [1.54, 1.807) is 0 Å². The van der Waals surface area contributed by atoms with Crippen molar-refractivity contribution in [1.29, 1.82) is 0 Å².